The minimum Gasteiger partial charge on any atom is -0.309 e. The predicted octanol–water partition coefficient (Wildman–Crippen LogP) is 3.05. The summed E-state index contributed by atoms with van der Waals surface area (Å²) in [5.74, 6) is 1.15. The van der Waals surface area contributed by atoms with Crippen LogP contribution in [0.4, 0.5) is 0 Å². The smallest absolute Gasteiger partial charge is 0.259 e. The van der Waals surface area contributed by atoms with Gasteiger partial charge < -0.3 is 4.98 Å². The van der Waals surface area contributed by atoms with Gasteiger partial charge in [-0.05, 0) is 59.9 Å². The zero-order valence-electron chi connectivity index (χ0n) is 14.6. The quantitative estimate of drug-likeness (QED) is 0.533. The molecule has 7 nitrogen and oxygen atoms in total. The lowest BCUT2D eigenvalue weighted by Crippen LogP contribution is -2.11. The van der Waals surface area contributed by atoms with E-state index in [1.54, 1.807) is 16.0 Å². The molecule has 0 radical (unpaired) electrons. The normalized spacial score (nSPS) is 13.4. The number of aromatic amines is 1. The highest BCUT2D eigenvalue weighted by molar-refractivity contribution is 7.98. The first kappa shape index (κ1) is 16.6. The van der Waals surface area contributed by atoms with Gasteiger partial charge in [0, 0.05) is 4.88 Å². The molecule has 5 rings (SSSR count). The summed E-state index contributed by atoms with van der Waals surface area (Å²) < 4.78 is 1.70. The zero-order chi connectivity index (χ0) is 18.4. The molecule has 0 amide bonds. The van der Waals surface area contributed by atoms with Crippen LogP contribution < -0.4 is 5.56 Å². The van der Waals surface area contributed by atoms with Crippen LogP contribution in [0.5, 0.6) is 0 Å². The number of nitrogens with one attached hydrogen (secondary N) is 1. The predicted molar refractivity (Wildman–Crippen MR) is 106 cm³/mol. The number of thioether (sulfide) groups is 1. The monoisotopic (exact) mass is 396 g/mol. The van der Waals surface area contributed by atoms with E-state index in [0.29, 0.717) is 16.7 Å². The number of nitrogens with zero attached hydrogens (tertiary/aromatic N) is 5. The van der Waals surface area contributed by atoms with E-state index in [2.05, 4.69) is 25.5 Å². The Kier molecular flexibility index (Phi) is 4.05. The van der Waals surface area contributed by atoms with Gasteiger partial charge in [-0.1, -0.05) is 23.9 Å². The van der Waals surface area contributed by atoms with Crippen LogP contribution in [0.1, 0.15) is 28.2 Å². The molecule has 1 aliphatic rings. The Balaban J connectivity index is 1.43. The Hall–Kier alpha value is -2.52. The van der Waals surface area contributed by atoms with Crippen LogP contribution in [0.2, 0.25) is 0 Å². The Morgan fingerprint density at radius 1 is 1.33 bits per heavy atom. The maximum Gasteiger partial charge on any atom is 0.259 e. The van der Waals surface area contributed by atoms with E-state index in [1.807, 2.05) is 31.2 Å². The first-order valence-electron chi connectivity index (χ1n) is 8.71. The molecule has 1 aliphatic carbocycles. The van der Waals surface area contributed by atoms with Crippen molar-refractivity contribution in [2.24, 2.45) is 0 Å². The number of aromatic nitrogens is 6. The van der Waals surface area contributed by atoms with Crippen molar-refractivity contribution in [1.82, 2.24) is 30.2 Å². The molecular weight excluding hydrogens is 380 g/mol. The van der Waals surface area contributed by atoms with E-state index in [9.17, 15) is 4.79 Å². The third-order valence-electron chi connectivity index (χ3n) is 4.65. The number of benzene rings is 1. The van der Waals surface area contributed by atoms with Crippen LogP contribution in [0.15, 0.2) is 34.2 Å². The van der Waals surface area contributed by atoms with Crippen molar-refractivity contribution in [2.45, 2.75) is 37.1 Å². The van der Waals surface area contributed by atoms with Crippen molar-refractivity contribution in [3.05, 3.63) is 56.4 Å². The zero-order valence-corrected chi connectivity index (χ0v) is 16.2. The highest BCUT2D eigenvalue weighted by Gasteiger charge is 2.21. The van der Waals surface area contributed by atoms with Crippen LogP contribution in [-0.4, -0.2) is 30.2 Å². The van der Waals surface area contributed by atoms with E-state index in [0.717, 1.165) is 40.7 Å². The molecule has 0 aliphatic heterocycles. The maximum absolute atomic E-state index is 12.6. The standard InChI is InChI=1S/C18H16N6OS2/c1-10-4-2-5-11(8-10)24-18(21-22-23-24)26-9-14-19-16(25)15-12-6-3-7-13(12)27-17(15)20-14/h2,4-5,8H,3,6-7,9H2,1H3,(H,19,20,25). The molecule has 0 fully saturated rings. The van der Waals surface area contributed by atoms with Crippen LogP contribution >= 0.6 is 23.1 Å². The third kappa shape index (κ3) is 2.96. The van der Waals surface area contributed by atoms with E-state index >= 15 is 0 Å². The van der Waals surface area contributed by atoms with Gasteiger partial charge in [0.1, 0.15) is 10.7 Å². The fourth-order valence-corrected chi connectivity index (χ4v) is 5.48. The minimum absolute atomic E-state index is 0.0340. The van der Waals surface area contributed by atoms with E-state index < -0.39 is 0 Å². The Bertz CT molecular complexity index is 1210. The van der Waals surface area contributed by atoms with E-state index in [-0.39, 0.29) is 5.56 Å². The van der Waals surface area contributed by atoms with Gasteiger partial charge in [-0.15, -0.1) is 16.4 Å². The van der Waals surface area contributed by atoms with Gasteiger partial charge in [0.15, 0.2) is 0 Å². The van der Waals surface area contributed by atoms with Crippen LogP contribution in [-0.2, 0) is 18.6 Å². The maximum atomic E-state index is 12.6. The number of hydrogen-bond acceptors (Lipinski definition) is 7. The molecular formula is C18H16N6OS2. The Morgan fingerprint density at radius 2 is 2.26 bits per heavy atom. The molecule has 0 unspecified atom stereocenters. The average Bonchev–Trinajstić information content (AvgIpc) is 3.35. The largest absolute Gasteiger partial charge is 0.309 e. The van der Waals surface area contributed by atoms with E-state index in [4.69, 9.17) is 0 Å². The SMILES string of the molecule is Cc1cccc(-n2nnnc2SCc2nc3sc4c(c3c(=O)[nH]2)CCC4)c1. The lowest BCUT2D eigenvalue weighted by molar-refractivity contribution is 0.755. The second-order valence-electron chi connectivity index (χ2n) is 6.55. The highest BCUT2D eigenvalue weighted by atomic mass is 32.2. The molecule has 0 saturated carbocycles. The molecule has 4 aromatic rings. The van der Waals surface area contributed by atoms with Gasteiger partial charge in [0.2, 0.25) is 5.16 Å². The molecule has 0 atom stereocenters. The molecule has 3 heterocycles. The number of H-pyrrole nitrogens is 1. The van der Waals surface area contributed by atoms with E-state index in [1.165, 1.54) is 22.2 Å². The Labute approximate surface area is 162 Å². The molecule has 0 bridgehead atoms. The van der Waals surface area contributed by atoms with Crippen molar-refractivity contribution < 1.29 is 0 Å². The lowest BCUT2D eigenvalue weighted by Gasteiger charge is -2.05. The molecule has 9 heteroatoms. The van der Waals surface area contributed by atoms with Gasteiger partial charge >= 0.3 is 0 Å². The molecule has 3 aromatic heterocycles. The first-order valence-corrected chi connectivity index (χ1v) is 10.5. The van der Waals surface area contributed by atoms with Gasteiger partial charge in [-0.25, -0.2) is 4.98 Å². The topological polar surface area (TPSA) is 89.3 Å². The number of thiophene rings is 1. The molecule has 0 saturated heterocycles. The molecule has 1 N–H and O–H groups in total. The molecule has 27 heavy (non-hydrogen) atoms. The summed E-state index contributed by atoms with van der Waals surface area (Å²) in [6.07, 6.45) is 3.18. The number of rotatable bonds is 4. The van der Waals surface area contributed by atoms with Gasteiger partial charge in [0.05, 0.1) is 16.8 Å². The summed E-state index contributed by atoms with van der Waals surface area (Å²) >= 11 is 3.11. The van der Waals surface area contributed by atoms with Crippen molar-refractivity contribution in [1.29, 1.82) is 0 Å². The summed E-state index contributed by atoms with van der Waals surface area (Å²) in [6.45, 7) is 2.03. The Morgan fingerprint density at radius 3 is 3.15 bits per heavy atom. The number of hydrogen-bond donors (Lipinski definition) is 1. The fraction of sp³-hybridized carbons (Fsp3) is 0.278. The van der Waals surface area contributed by atoms with Crippen LogP contribution in [0.3, 0.4) is 0 Å². The van der Waals surface area contributed by atoms with Crippen molar-refractivity contribution in [3.63, 3.8) is 0 Å². The number of fused-ring (bicyclic) bond motifs is 3. The fourth-order valence-electron chi connectivity index (χ4n) is 3.44. The summed E-state index contributed by atoms with van der Waals surface area (Å²) in [6, 6.07) is 8.00. The highest BCUT2D eigenvalue weighted by Crippen LogP contribution is 2.34. The number of tetrazole rings is 1. The summed E-state index contributed by atoms with van der Waals surface area (Å²) in [5, 5.41) is 13.4. The summed E-state index contributed by atoms with van der Waals surface area (Å²) in [7, 11) is 0. The van der Waals surface area contributed by atoms with Crippen LogP contribution in [0.25, 0.3) is 15.9 Å². The second kappa shape index (κ2) is 6.58. The lowest BCUT2D eigenvalue weighted by atomic mass is 10.2. The molecule has 136 valence electrons. The van der Waals surface area contributed by atoms with Gasteiger partial charge in [0.25, 0.3) is 5.56 Å². The third-order valence-corrected chi connectivity index (χ3v) is 6.77. The first-order chi connectivity index (χ1) is 13.2. The van der Waals surface area contributed by atoms with Gasteiger partial charge in [-0.3, -0.25) is 4.79 Å². The molecule has 1 aromatic carbocycles. The van der Waals surface area contributed by atoms with Crippen molar-refractivity contribution in [3.8, 4) is 5.69 Å². The van der Waals surface area contributed by atoms with Crippen LogP contribution in [0, 0.1) is 6.92 Å². The van der Waals surface area contributed by atoms with Crippen molar-refractivity contribution in [2.75, 3.05) is 0 Å². The summed E-state index contributed by atoms with van der Waals surface area (Å²) in [5.41, 5.74) is 3.22. The summed E-state index contributed by atoms with van der Waals surface area (Å²) in [4.78, 5) is 22.3. The number of aryl methyl sites for hydroxylation is 3. The van der Waals surface area contributed by atoms with Gasteiger partial charge in [-0.2, -0.15) is 4.68 Å². The molecule has 0 spiro atoms. The second-order valence-corrected chi connectivity index (χ2v) is 8.58. The average molecular weight is 397 g/mol. The minimum atomic E-state index is -0.0340. The van der Waals surface area contributed by atoms with Crippen molar-refractivity contribution >= 4 is 33.3 Å².